The van der Waals surface area contributed by atoms with Crippen molar-refractivity contribution in [2.75, 3.05) is 31.6 Å². The maximum absolute atomic E-state index is 11.7. The van der Waals surface area contributed by atoms with Gasteiger partial charge in [-0.3, -0.25) is 0 Å². The molecule has 1 spiro atoms. The Kier molecular flexibility index (Phi) is 4.38. The lowest BCUT2D eigenvalue weighted by Gasteiger charge is -2.32. The van der Waals surface area contributed by atoms with Crippen LogP contribution in [-0.2, 0) is 4.74 Å². The number of piperidine rings is 1. The molecule has 0 aromatic carbocycles. The summed E-state index contributed by atoms with van der Waals surface area (Å²) in [7, 11) is 0. The van der Waals surface area contributed by atoms with Crippen molar-refractivity contribution in [1.29, 1.82) is 0 Å². The Morgan fingerprint density at radius 1 is 1.45 bits per heavy atom. The van der Waals surface area contributed by atoms with Gasteiger partial charge in [0.1, 0.15) is 5.82 Å². The molecule has 1 aliphatic carbocycles. The predicted octanol–water partition coefficient (Wildman–Crippen LogP) is 2.80. The topological polar surface area (TPSA) is 67.3 Å². The molecule has 2 aliphatic rings. The predicted molar refractivity (Wildman–Crippen MR) is 83.9 cm³/mol. The fraction of sp³-hybridized carbons (Fsp3) is 0.667. The van der Waals surface area contributed by atoms with Gasteiger partial charge in [0.2, 0.25) is 0 Å². The standard InChI is InChI=1S/C15H21ClN4O2/c1-2-22-14(21)20-7-5-15(6-8-20)9-11(15)10-17-13-4-3-12(16)18-19-13/h3-4,11H,2,5-10H2,1H3,(H,17,19)/t11-/m0/s1. The Hall–Kier alpha value is -1.56. The third kappa shape index (κ3) is 3.27. The van der Waals surface area contributed by atoms with Crippen LogP contribution < -0.4 is 5.32 Å². The van der Waals surface area contributed by atoms with Crippen molar-refractivity contribution >= 4 is 23.5 Å². The number of hydrogen-bond donors (Lipinski definition) is 1. The number of carbonyl (C=O) groups excluding carboxylic acids is 1. The molecule has 1 saturated heterocycles. The van der Waals surface area contributed by atoms with Gasteiger partial charge in [0.25, 0.3) is 0 Å². The molecule has 0 bridgehead atoms. The van der Waals surface area contributed by atoms with Crippen LogP contribution in [0.2, 0.25) is 5.15 Å². The number of amides is 1. The minimum atomic E-state index is -0.177. The molecule has 3 rings (SSSR count). The van der Waals surface area contributed by atoms with Crippen LogP contribution >= 0.6 is 11.6 Å². The van der Waals surface area contributed by atoms with E-state index in [0.29, 0.717) is 23.1 Å². The average Bonchev–Trinajstić information content (AvgIpc) is 3.20. The molecule has 2 fully saturated rings. The number of halogens is 1. The summed E-state index contributed by atoms with van der Waals surface area (Å²) in [6.07, 6.45) is 3.16. The lowest BCUT2D eigenvalue weighted by atomic mass is 9.91. The Labute approximate surface area is 135 Å². The second kappa shape index (κ2) is 6.28. The van der Waals surface area contributed by atoms with Crippen molar-refractivity contribution in [3.8, 4) is 0 Å². The highest BCUT2D eigenvalue weighted by atomic mass is 35.5. The number of ether oxygens (including phenoxy) is 1. The van der Waals surface area contributed by atoms with E-state index in [2.05, 4.69) is 15.5 Å². The minimum absolute atomic E-state index is 0.177. The smallest absolute Gasteiger partial charge is 0.409 e. The number of anilines is 1. The highest BCUT2D eigenvalue weighted by Crippen LogP contribution is 2.59. The molecule has 1 aliphatic heterocycles. The van der Waals surface area contributed by atoms with Crippen LogP contribution in [0.5, 0.6) is 0 Å². The number of nitrogens with zero attached hydrogens (tertiary/aromatic N) is 3. The number of likely N-dealkylation sites (tertiary alicyclic amines) is 1. The first-order chi connectivity index (χ1) is 10.6. The first kappa shape index (κ1) is 15.3. The summed E-state index contributed by atoms with van der Waals surface area (Å²) in [5.41, 5.74) is 0.399. The van der Waals surface area contributed by atoms with Gasteiger partial charge < -0.3 is 15.0 Å². The maximum Gasteiger partial charge on any atom is 0.409 e. The zero-order valence-corrected chi connectivity index (χ0v) is 13.5. The molecular weight excluding hydrogens is 304 g/mol. The van der Waals surface area contributed by atoms with E-state index in [4.69, 9.17) is 16.3 Å². The molecule has 6 nitrogen and oxygen atoms in total. The molecule has 7 heteroatoms. The molecule has 1 atom stereocenters. The third-order valence-corrected chi connectivity index (χ3v) is 5.01. The summed E-state index contributed by atoms with van der Waals surface area (Å²) in [4.78, 5) is 13.5. The van der Waals surface area contributed by atoms with E-state index in [1.807, 2.05) is 17.9 Å². The zero-order chi connectivity index (χ0) is 15.6. The maximum atomic E-state index is 11.7. The van der Waals surface area contributed by atoms with Gasteiger partial charge in [-0.15, -0.1) is 10.2 Å². The van der Waals surface area contributed by atoms with Crippen molar-refractivity contribution in [2.24, 2.45) is 11.3 Å². The third-order valence-electron chi connectivity index (χ3n) is 4.81. The lowest BCUT2D eigenvalue weighted by Crippen LogP contribution is -2.40. The van der Waals surface area contributed by atoms with Gasteiger partial charge in [-0.2, -0.15) is 0 Å². The molecular formula is C15H21ClN4O2. The van der Waals surface area contributed by atoms with Crippen molar-refractivity contribution in [3.63, 3.8) is 0 Å². The normalized spacial score (nSPS) is 22.5. The molecule has 0 unspecified atom stereocenters. The van der Waals surface area contributed by atoms with Crippen LogP contribution in [0.15, 0.2) is 12.1 Å². The van der Waals surface area contributed by atoms with Gasteiger partial charge in [0, 0.05) is 19.6 Å². The van der Waals surface area contributed by atoms with E-state index in [0.717, 1.165) is 38.3 Å². The van der Waals surface area contributed by atoms with E-state index in [9.17, 15) is 4.79 Å². The molecule has 1 aromatic rings. The molecule has 1 amide bonds. The lowest BCUT2D eigenvalue weighted by molar-refractivity contribution is 0.0872. The summed E-state index contributed by atoms with van der Waals surface area (Å²) < 4.78 is 5.06. The second-order valence-corrected chi connectivity index (χ2v) is 6.46. The van der Waals surface area contributed by atoms with Gasteiger partial charge in [0.05, 0.1) is 6.61 Å². The number of hydrogen-bond acceptors (Lipinski definition) is 5. The molecule has 120 valence electrons. The van der Waals surface area contributed by atoms with Crippen molar-refractivity contribution in [2.45, 2.75) is 26.2 Å². The summed E-state index contributed by atoms with van der Waals surface area (Å²) in [6.45, 7) is 4.78. The van der Waals surface area contributed by atoms with Crippen LogP contribution in [0.3, 0.4) is 0 Å². The first-order valence-corrected chi connectivity index (χ1v) is 8.15. The number of rotatable bonds is 4. The highest BCUT2D eigenvalue weighted by Gasteiger charge is 2.54. The Morgan fingerprint density at radius 3 is 2.86 bits per heavy atom. The molecule has 2 heterocycles. The Bertz CT molecular complexity index is 529. The summed E-state index contributed by atoms with van der Waals surface area (Å²) in [5, 5.41) is 11.6. The van der Waals surface area contributed by atoms with E-state index >= 15 is 0 Å². The van der Waals surface area contributed by atoms with Crippen molar-refractivity contribution in [3.05, 3.63) is 17.3 Å². The quantitative estimate of drug-likeness (QED) is 0.922. The Balaban J connectivity index is 1.44. The van der Waals surface area contributed by atoms with Crippen LogP contribution in [0, 0.1) is 11.3 Å². The zero-order valence-electron chi connectivity index (χ0n) is 12.7. The largest absolute Gasteiger partial charge is 0.450 e. The van der Waals surface area contributed by atoms with E-state index in [1.54, 1.807) is 6.07 Å². The van der Waals surface area contributed by atoms with Crippen LogP contribution in [0.25, 0.3) is 0 Å². The van der Waals surface area contributed by atoms with E-state index in [1.165, 1.54) is 6.42 Å². The SMILES string of the molecule is CCOC(=O)N1CCC2(CC1)C[C@H]2CNc1ccc(Cl)nn1. The van der Waals surface area contributed by atoms with Crippen molar-refractivity contribution < 1.29 is 9.53 Å². The summed E-state index contributed by atoms with van der Waals surface area (Å²) in [5.74, 6) is 1.41. The van der Waals surface area contributed by atoms with Gasteiger partial charge in [-0.1, -0.05) is 11.6 Å². The molecule has 1 saturated carbocycles. The first-order valence-electron chi connectivity index (χ1n) is 7.78. The van der Waals surface area contributed by atoms with E-state index < -0.39 is 0 Å². The summed E-state index contributed by atoms with van der Waals surface area (Å²) in [6, 6.07) is 3.57. The van der Waals surface area contributed by atoms with Gasteiger partial charge in [-0.25, -0.2) is 4.79 Å². The second-order valence-electron chi connectivity index (χ2n) is 6.07. The number of nitrogens with one attached hydrogen (secondary N) is 1. The van der Waals surface area contributed by atoms with Gasteiger partial charge >= 0.3 is 6.09 Å². The summed E-state index contributed by atoms with van der Waals surface area (Å²) >= 11 is 5.72. The molecule has 1 aromatic heterocycles. The molecule has 0 radical (unpaired) electrons. The van der Waals surface area contributed by atoms with Gasteiger partial charge in [0.15, 0.2) is 5.15 Å². The van der Waals surface area contributed by atoms with E-state index in [-0.39, 0.29) is 6.09 Å². The number of carbonyl (C=O) groups is 1. The van der Waals surface area contributed by atoms with Crippen molar-refractivity contribution in [1.82, 2.24) is 15.1 Å². The monoisotopic (exact) mass is 324 g/mol. The molecule has 22 heavy (non-hydrogen) atoms. The fourth-order valence-electron chi connectivity index (χ4n) is 3.32. The highest BCUT2D eigenvalue weighted by molar-refractivity contribution is 6.29. The van der Waals surface area contributed by atoms with Gasteiger partial charge in [-0.05, 0) is 49.7 Å². The van der Waals surface area contributed by atoms with Crippen LogP contribution in [0.1, 0.15) is 26.2 Å². The number of aromatic nitrogens is 2. The van der Waals surface area contributed by atoms with Crippen LogP contribution in [0.4, 0.5) is 10.6 Å². The molecule has 1 N–H and O–H groups in total. The average molecular weight is 325 g/mol. The Morgan fingerprint density at radius 2 is 2.23 bits per heavy atom. The minimum Gasteiger partial charge on any atom is -0.450 e. The fourth-order valence-corrected chi connectivity index (χ4v) is 3.42. The van der Waals surface area contributed by atoms with Crippen LogP contribution in [-0.4, -0.2) is 47.4 Å².